The zero-order chi connectivity index (χ0) is 22.6. The maximum Gasteiger partial charge on any atom is 0.258 e. The summed E-state index contributed by atoms with van der Waals surface area (Å²) in [4.78, 5) is 12.6. The summed E-state index contributed by atoms with van der Waals surface area (Å²) in [5.74, 6) is 1.02. The third-order valence-corrected chi connectivity index (χ3v) is 7.42. The van der Waals surface area contributed by atoms with E-state index in [0.717, 1.165) is 11.1 Å². The van der Waals surface area contributed by atoms with Crippen molar-refractivity contribution in [2.45, 2.75) is 37.6 Å². The van der Waals surface area contributed by atoms with Crippen LogP contribution in [0.25, 0.3) is 0 Å². The van der Waals surface area contributed by atoms with Gasteiger partial charge >= 0.3 is 0 Å². The van der Waals surface area contributed by atoms with Crippen molar-refractivity contribution in [1.82, 2.24) is 9.62 Å². The van der Waals surface area contributed by atoms with E-state index in [1.54, 1.807) is 36.4 Å². The summed E-state index contributed by atoms with van der Waals surface area (Å²) in [6, 6.07) is 9.83. The minimum absolute atomic E-state index is 0.0918. The summed E-state index contributed by atoms with van der Waals surface area (Å²) >= 11 is 6.02. The molecule has 1 fully saturated rings. The fourth-order valence-corrected chi connectivity index (χ4v) is 5.47. The molecular weight excluding hydrogens is 440 g/mol. The maximum absolute atomic E-state index is 12.8. The second-order valence-electron chi connectivity index (χ2n) is 7.58. The highest BCUT2D eigenvalue weighted by Gasteiger charge is 2.30. The van der Waals surface area contributed by atoms with Crippen molar-refractivity contribution in [3.8, 4) is 11.5 Å². The van der Waals surface area contributed by atoms with E-state index in [9.17, 15) is 13.2 Å². The molecule has 0 atom stereocenters. The van der Waals surface area contributed by atoms with E-state index in [2.05, 4.69) is 5.32 Å². The van der Waals surface area contributed by atoms with Gasteiger partial charge in [0.25, 0.3) is 5.91 Å². The first-order valence-corrected chi connectivity index (χ1v) is 11.9. The molecule has 0 radical (unpaired) electrons. The highest BCUT2D eigenvalue weighted by molar-refractivity contribution is 7.89. The Morgan fingerprint density at radius 2 is 1.71 bits per heavy atom. The summed E-state index contributed by atoms with van der Waals surface area (Å²) in [5.41, 5.74) is 1.74. The molecule has 1 saturated heterocycles. The highest BCUT2D eigenvalue weighted by Crippen LogP contribution is 2.27. The van der Waals surface area contributed by atoms with Gasteiger partial charge in [-0.15, -0.1) is 0 Å². The molecule has 3 rings (SSSR count). The number of amides is 1. The van der Waals surface area contributed by atoms with Crippen LogP contribution in [0.15, 0.2) is 41.3 Å². The fourth-order valence-electron chi connectivity index (χ4n) is 3.67. The molecule has 0 bridgehead atoms. The third kappa shape index (κ3) is 5.70. The highest BCUT2D eigenvalue weighted by atomic mass is 35.5. The van der Waals surface area contributed by atoms with Gasteiger partial charge in [0.15, 0.2) is 6.61 Å². The second kappa shape index (κ2) is 9.89. The van der Waals surface area contributed by atoms with Crippen molar-refractivity contribution in [2.24, 2.45) is 0 Å². The number of piperidine rings is 1. The predicted molar refractivity (Wildman–Crippen MR) is 119 cm³/mol. The molecule has 1 aliphatic rings. The SMILES string of the molecule is COc1ccc(S(=O)(=O)N2CCC(NC(=O)COc3c(C)cc(Cl)cc3C)CC2)cc1. The second-order valence-corrected chi connectivity index (χ2v) is 9.95. The standard InChI is InChI=1S/C22H27ClN2O5S/c1-15-12-17(23)13-16(2)22(15)30-14-21(26)24-18-8-10-25(11-9-18)31(27,28)20-6-4-19(29-3)5-7-20/h4-7,12-13,18H,8-11,14H2,1-3H3,(H,24,26). The average Bonchev–Trinajstić information content (AvgIpc) is 2.73. The molecule has 2 aromatic rings. The molecule has 31 heavy (non-hydrogen) atoms. The number of benzene rings is 2. The van der Waals surface area contributed by atoms with Gasteiger partial charge in [-0.05, 0) is 74.2 Å². The Bertz CT molecular complexity index is 1010. The van der Waals surface area contributed by atoms with E-state index >= 15 is 0 Å². The van der Waals surface area contributed by atoms with Crippen LogP contribution in [0.5, 0.6) is 11.5 Å². The molecule has 0 aliphatic carbocycles. The van der Waals surface area contributed by atoms with E-state index in [4.69, 9.17) is 21.1 Å². The fraction of sp³-hybridized carbons (Fsp3) is 0.409. The number of aryl methyl sites for hydroxylation is 2. The van der Waals surface area contributed by atoms with Gasteiger partial charge in [0.1, 0.15) is 11.5 Å². The molecule has 0 saturated carbocycles. The average molecular weight is 467 g/mol. The molecular formula is C22H27ClN2O5S. The molecule has 2 aromatic carbocycles. The number of hydrogen-bond donors (Lipinski definition) is 1. The Labute approximate surface area is 188 Å². The molecule has 1 N–H and O–H groups in total. The zero-order valence-electron chi connectivity index (χ0n) is 17.9. The smallest absolute Gasteiger partial charge is 0.258 e. The van der Waals surface area contributed by atoms with Gasteiger partial charge in [-0.25, -0.2) is 8.42 Å². The molecule has 1 heterocycles. The topological polar surface area (TPSA) is 84.9 Å². The lowest BCUT2D eigenvalue weighted by Gasteiger charge is -2.31. The van der Waals surface area contributed by atoms with E-state index in [-0.39, 0.29) is 23.5 Å². The Kier molecular flexibility index (Phi) is 7.46. The Hall–Kier alpha value is -2.29. The van der Waals surface area contributed by atoms with Crippen molar-refractivity contribution >= 4 is 27.5 Å². The number of halogens is 1. The third-order valence-electron chi connectivity index (χ3n) is 5.29. The monoisotopic (exact) mass is 466 g/mol. The van der Waals surface area contributed by atoms with Crippen molar-refractivity contribution < 1.29 is 22.7 Å². The number of methoxy groups -OCH3 is 1. The van der Waals surface area contributed by atoms with Crippen LogP contribution in [0, 0.1) is 13.8 Å². The van der Waals surface area contributed by atoms with E-state index < -0.39 is 10.0 Å². The van der Waals surface area contributed by atoms with E-state index in [1.807, 2.05) is 13.8 Å². The lowest BCUT2D eigenvalue weighted by atomic mass is 10.1. The van der Waals surface area contributed by atoms with Crippen molar-refractivity contribution in [3.63, 3.8) is 0 Å². The largest absolute Gasteiger partial charge is 0.497 e. The zero-order valence-corrected chi connectivity index (χ0v) is 19.4. The van der Waals surface area contributed by atoms with Crippen molar-refractivity contribution in [2.75, 3.05) is 26.8 Å². The van der Waals surface area contributed by atoms with Crippen LogP contribution in [0.4, 0.5) is 0 Å². The molecule has 168 valence electrons. The van der Waals surface area contributed by atoms with Crippen LogP contribution in [-0.2, 0) is 14.8 Å². The Balaban J connectivity index is 1.51. The normalized spacial score (nSPS) is 15.5. The first kappa shape index (κ1) is 23.4. The molecule has 0 spiro atoms. The quantitative estimate of drug-likeness (QED) is 0.676. The maximum atomic E-state index is 12.8. The predicted octanol–water partition coefficient (Wildman–Crippen LogP) is 3.31. The van der Waals surface area contributed by atoms with Gasteiger partial charge in [0, 0.05) is 24.2 Å². The number of nitrogens with zero attached hydrogens (tertiary/aromatic N) is 1. The summed E-state index contributed by atoms with van der Waals surface area (Å²) in [5, 5.41) is 3.57. The van der Waals surface area contributed by atoms with Crippen LogP contribution in [-0.4, -0.2) is 51.5 Å². The van der Waals surface area contributed by atoms with Gasteiger partial charge in [-0.2, -0.15) is 4.31 Å². The number of sulfonamides is 1. The molecule has 1 aliphatic heterocycles. The number of carbonyl (C=O) groups excluding carboxylic acids is 1. The van der Waals surface area contributed by atoms with Crippen LogP contribution in [0.2, 0.25) is 5.02 Å². The van der Waals surface area contributed by atoms with Gasteiger partial charge in [-0.1, -0.05) is 11.6 Å². The molecule has 0 unspecified atom stereocenters. The van der Waals surface area contributed by atoms with Crippen molar-refractivity contribution in [3.05, 3.63) is 52.5 Å². The van der Waals surface area contributed by atoms with Gasteiger partial charge in [0.2, 0.25) is 10.0 Å². The van der Waals surface area contributed by atoms with Gasteiger partial charge in [-0.3, -0.25) is 4.79 Å². The molecule has 9 heteroatoms. The van der Waals surface area contributed by atoms with Crippen molar-refractivity contribution in [1.29, 1.82) is 0 Å². The number of ether oxygens (including phenoxy) is 2. The van der Waals surface area contributed by atoms with Crippen LogP contribution >= 0.6 is 11.6 Å². The number of rotatable bonds is 7. The molecule has 0 aromatic heterocycles. The summed E-state index contributed by atoms with van der Waals surface area (Å²) in [7, 11) is -2.04. The summed E-state index contributed by atoms with van der Waals surface area (Å²) in [6.07, 6.45) is 1.08. The lowest BCUT2D eigenvalue weighted by Crippen LogP contribution is -2.47. The minimum Gasteiger partial charge on any atom is -0.497 e. The first-order valence-electron chi connectivity index (χ1n) is 10.0. The lowest BCUT2D eigenvalue weighted by molar-refractivity contribution is -0.124. The van der Waals surface area contributed by atoms with Crippen LogP contribution in [0.3, 0.4) is 0 Å². The summed E-state index contributed by atoms with van der Waals surface area (Å²) in [6.45, 7) is 4.34. The van der Waals surface area contributed by atoms with Gasteiger partial charge in [0.05, 0.1) is 12.0 Å². The van der Waals surface area contributed by atoms with E-state index in [0.29, 0.717) is 42.5 Å². The van der Waals surface area contributed by atoms with Gasteiger partial charge < -0.3 is 14.8 Å². The molecule has 7 nitrogen and oxygen atoms in total. The Morgan fingerprint density at radius 3 is 2.26 bits per heavy atom. The minimum atomic E-state index is -3.57. The van der Waals surface area contributed by atoms with Crippen LogP contribution in [0.1, 0.15) is 24.0 Å². The Morgan fingerprint density at radius 1 is 1.13 bits per heavy atom. The van der Waals surface area contributed by atoms with Crippen LogP contribution < -0.4 is 14.8 Å². The summed E-state index contributed by atoms with van der Waals surface area (Å²) < 4.78 is 37.9. The first-order chi connectivity index (χ1) is 14.7. The molecule has 1 amide bonds. The van der Waals surface area contributed by atoms with E-state index in [1.165, 1.54) is 11.4 Å². The number of hydrogen-bond acceptors (Lipinski definition) is 5. The number of nitrogens with one attached hydrogen (secondary N) is 1. The number of carbonyl (C=O) groups is 1.